The highest BCUT2D eigenvalue weighted by Crippen LogP contribution is 2.28. The van der Waals surface area contributed by atoms with E-state index in [4.69, 9.17) is 25.8 Å². The van der Waals surface area contributed by atoms with Crippen molar-refractivity contribution in [1.82, 2.24) is 0 Å². The lowest BCUT2D eigenvalue weighted by molar-refractivity contribution is -0.384. The van der Waals surface area contributed by atoms with Crippen LogP contribution >= 0.6 is 11.6 Å². The Morgan fingerprint density at radius 1 is 1.17 bits per heavy atom. The van der Waals surface area contributed by atoms with Gasteiger partial charge in [0.05, 0.1) is 24.7 Å². The summed E-state index contributed by atoms with van der Waals surface area (Å²) in [4.78, 5) is 34.2. The molecule has 0 fully saturated rings. The van der Waals surface area contributed by atoms with Crippen LogP contribution in [0.5, 0.6) is 11.5 Å². The zero-order valence-corrected chi connectivity index (χ0v) is 17.2. The van der Waals surface area contributed by atoms with E-state index in [9.17, 15) is 19.7 Å². The molecule has 2 rings (SSSR count). The Balaban J connectivity index is 1.73. The largest absolute Gasteiger partial charge is 0.496 e. The van der Waals surface area contributed by atoms with Gasteiger partial charge in [-0.15, -0.1) is 0 Å². The fourth-order valence-electron chi connectivity index (χ4n) is 2.41. The molecule has 9 nitrogen and oxygen atoms in total. The van der Waals surface area contributed by atoms with Crippen molar-refractivity contribution in [2.75, 3.05) is 25.6 Å². The summed E-state index contributed by atoms with van der Waals surface area (Å²) in [5, 5.41) is 14.1. The van der Waals surface area contributed by atoms with E-state index in [2.05, 4.69) is 5.32 Å². The van der Waals surface area contributed by atoms with E-state index in [0.717, 1.165) is 5.56 Å². The van der Waals surface area contributed by atoms with E-state index in [1.807, 2.05) is 6.92 Å². The lowest BCUT2D eigenvalue weighted by Crippen LogP contribution is -2.21. The Labute approximate surface area is 178 Å². The predicted molar refractivity (Wildman–Crippen MR) is 110 cm³/mol. The zero-order chi connectivity index (χ0) is 22.1. The molecule has 0 unspecified atom stereocenters. The van der Waals surface area contributed by atoms with E-state index < -0.39 is 23.4 Å². The average Bonchev–Trinajstić information content (AvgIpc) is 2.72. The molecule has 0 aliphatic carbocycles. The minimum atomic E-state index is -0.690. The van der Waals surface area contributed by atoms with Gasteiger partial charge >= 0.3 is 5.97 Å². The van der Waals surface area contributed by atoms with Crippen LogP contribution in [-0.4, -0.2) is 37.1 Å². The van der Waals surface area contributed by atoms with E-state index in [1.54, 1.807) is 18.2 Å². The predicted octanol–water partition coefficient (Wildman–Crippen LogP) is 3.91. The monoisotopic (exact) mass is 436 g/mol. The first-order valence-corrected chi connectivity index (χ1v) is 9.35. The fraction of sp³-hybridized carbons (Fsp3) is 0.300. The van der Waals surface area contributed by atoms with E-state index in [1.165, 1.54) is 25.3 Å². The molecule has 1 amide bonds. The number of amides is 1. The smallest absolute Gasteiger partial charge is 0.306 e. The van der Waals surface area contributed by atoms with Gasteiger partial charge in [0, 0.05) is 11.4 Å². The van der Waals surface area contributed by atoms with Crippen LogP contribution in [0.15, 0.2) is 36.4 Å². The number of halogens is 1. The lowest BCUT2D eigenvalue weighted by atomic mass is 10.2. The number of aryl methyl sites for hydroxylation is 1. The number of ether oxygens (including phenoxy) is 3. The highest BCUT2D eigenvalue weighted by molar-refractivity contribution is 6.31. The number of benzene rings is 2. The molecule has 0 aliphatic rings. The Morgan fingerprint density at radius 3 is 2.57 bits per heavy atom. The molecule has 0 aliphatic heterocycles. The number of methoxy groups -OCH3 is 1. The van der Waals surface area contributed by atoms with Crippen LogP contribution < -0.4 is 14.8 Å². The van der Waals surface area contributed by atoms with Gasteiger partial charge in [0.2, 0.25) is 0 Å². The molecule has 0 atom stereocenters. The highest BCUT2D eigenvalue weighted by atomic mass is 35.5. The van der Waals surface area contributed by atoms with Crippen LogP contribution in [0.4, 0.5) is 11.4 Å². The second kappa shape index (κ2) is 11.0. The third-order valence-electron chi connectivity index (χ3n) is 3.96. The number of anilines is 1. The number of nitro groups is 1. The van der Waals surface area contributed by atoms with Gasteiger partial charge in [-0.2, -0.15) is 0 Å². The minimum absolute atomic E-state index is 0.0199. The van der Waals surface area contributed by atoms with E-state index in [0.29, 0.717) is 23.8 Å². The van der Waals surface area contributed by atoms with Gasteiger partial charge in [0.25, 0.3) is 11.6 Å². The maximum absolute atomic E-state index is 11.9. The maximum atomic E-state index is 11.9. The quantitative estimate of drug-likeness (QED) is 0.259. The second-order valence-corrected chi connectivity index (χ2v) is 6.62. The SMILES string of the molecule is COc1ccc(NC(=O)COC(=O)CCCOc2ccc(Cl)c(C)c2)c([N+](=O)[O-])c1. The van der Waals surface area contributed by atoms with Crippen LogP contribution in [0.25, 0.3) is 0 Å². The number of nitrogens with zero attached hydrogens (tertiary/aromatic N) is 1. The summed E-state index contributed by atoms with van der Waals surface area (Å²) >= 11 is 5.94. The van der Waals surface area contributed by atoms with Gasteiger partial charge in [-0.25, -0.2) is 0 Å². The molecule has 0 saturated heterocycles. The summed E-state index contributed by atoms with van der Waals surface area (Å²) in [5.41, 5.74) is 0.536. The minimum Gasteiger partial charge on any atom is -0.496 e. The molecule has 2 aromatic carbocycles. The van der Waals surface area contributed by atoms with E-state index in [-0.39, 0.29) is 23.5 Å². The Hall–Kier alpha value is -3.33. The van der Waals surface area contributed by atoms with Crippen LogP contribution in [0, 0.1) is 17.0 Å². The Bertz CT molecular complexity index is 933. The van der Waals surface area contributed by atoms with Gasteiger partial charge < -0.3 is 19.5 Å². The number of esters is 1. The fourth-order valence-corrected chi connectivity index (χ4v) is 2.53. The highest BCUT2D eigenvalue weighted by Gasteiger charge is 2.18. The first kappa shape index (κ1) is 23.0. The van der Waals surface area contributed by atoms with Crippen molar-refractivity contribution in [2.24, 2.45) is 0 Å². The molecule has 10 heteroatoms. The van der Waals surface area contributed by atoms with Crippen molar-refractivity contribution in [1.29, 1.82) is 0 Å². The molecule has 30 heavy (non-hydrogen) atoms. The van der Waals surface area contributed by atoms with Crippen LogP contribution in [-0.2, 0) is 14.3 Å². The van der Waals surface area contributed by atoms with Gasteiger partial charge in [-0.1, -0.05) is 11.6 Å². The number of carbonyl (C=O) groups excluding carboxylic acids is 2. The first-order valence-electron chi connectivity index (χ1n) is 8.97. The third-order valence-corrected chi connectivity index (χ3v) is 4.39. The molecule has 0 bridgehead atoms. The topological polar surface area (TPSA) is 117 Å². The molecule has 0 aromatic heterocycles. The van der Waals surface area contributed by atoms with Crippen molar-refractivity contribution in [3.05, 3.63) is 57.1 Å². The van der Waals surface area contributed by atoms with Crippen molar-refractivity contribution < 1.29 is 28.7 Å². The molecule has 1 N–H and O–H groups in total. The molecular formula is C20H21ClN2O7. The summed E-state index contributed by atoms with van der Waals surface area (Å²) < 4.78 is 15.3. The molecule has 0 heterocycles. The molecular weight excluding hydrogens is 416 g/mol. The molecule has 2 aromatic rings. The van der Waals surface area contributed by atoms with Crippen LogP contribution in [0.2, 0.25) is 5.02 Å². The van der Waals surface area contributed by atoms with Gasteiger partial charge in [0.1, 0.15) is 17.2 Å². The summed E-state index contributed by atoms with van der Waals surface area (Å²) in [7, 11) is 1.37. The van der Waals surface area contributed by atoms with Crippen LogP contribution in [0.3, 0.4) is 0 Å². The van der Waals surface area contributed by atoms with E-state index >= 15 is 0 Å². The van der Waals surface area contributed by atoms with Gasteiger partial charge in [-0.05, 0) is 49.2 Å². The molecule has 0 radical (unpaired) electrons. The zero-order valence-electron chi connectivity index (χ0n) is 16.5. The molecule has 0 saturated carbocycles. The summed E-state index contributed by atoms with van der Waals surface area (Å²) in [6, 6.07) is 9.25. The number of hydrogen-bond acceptors (Lipinski definition) is 7. The number of hydrogen-bond donors (Lipinski definition) is 1. The first-order chi connectivity index (χ1) is 14.3. The number of nitro benzene ring substituents is 1. The average molecular weight is 437 g/mol. The summed E-state index contributed by atoms with van der Waals surface area (Å²) in [6.07, 6.45) is 0.453. The standard InChI is InChI=1S/C20H21ClN2O7/c1-13-10-15(5-7-16(13)21)29-9-3-4-20(25)30-12-19(24)22-17-8-6-14(28-2)11-18(17)23(26)27/h5-8,10-11H,3-4,9,12H2,1-2H3,(H,22,24). The maximum Gasteiger partial charge on any atom is 0.306 e. The summed E-state index contributed by atoms with van der Waals surface area (Å²) in [6.45, 7) is 1.60. The Kier molecular flexibility index (Phi) is 8.42. The second-order valence-electron chi connectivity index (χ2n) is 6.21. The number of rotatable bonds is 10. The molecule has 160 valence electrons. The van der Waals surface area contributed by atoms with Crippen molar-refractivity contribution in [3.63, 3.8) is 0 Å². The van der Waals surface area contributed by atoms with Crippen molar-refractivity contribution in [2.45, 2.75) is 19.8 Å². The van der Waals surface area contributed by atoms with Gasteiger partial charge in [0.15, 0.2) is 6.61 Å². The van der Waals surface area contributed by atoms with Crippen LogP contribution in [0.1, 0.15) is 18.4 Å². The summed E-state index contributed by atoms with van der Waals surface area (Å²) in [5.74, 6) is -0.345. The normalized spacial score (nSPS) is 10.2. The van der Waals surface area contributed by atoms with Crippen molar-refractivity contribution in [3.8, 4) is 11.5 Å². The number of carbonyl (C=O) groups is 2. The lowest BCUT2D eigenvalue weighted by Gasteiger charge is -2.09. The van der Waals surface area contributed by atoms with Crippen molar-refractivity contribution >= 4 is 34.9 Å². The third kappa shape index (κ3) is 6.93. The van der Waals surface area contributed by atoms with Gasteiger partial charge in [-0.3, -0.25) is 19.7 Å². The Morgan fingerprint density at radius 2 is 1.90 bits per heavy atom. The molecule has 0 spiro atoms. The number of nitrogens with one attached hydrogen (secondary N) is 1.